The molecule has 4 rings (SSSR count). The Morgan fingerprint density at radius 2 is 1.81 bits per heavy atom. The maximum Gasteiger partial charge on any atom is 0.352 e. The van der Waals surface area contributed by atoms with Crippen LogP contribution in [0, 0.1) is 0 Å². The van der Waals surface area contributed by atoms with E-state index in [4.69, 9.17) is 25.8 Å². The lowest BCUT2D eigenvalue weighted by atomic mass is 10.0. The molecule has 1 fully saturated rings. The van der Waals surface area contributed by atoms with E-state index in [-0.39, 0.29) is 27.8 Å². The molecule has 2 aliphatic rings. The minimum absolute atomic E-state index is 0.122. The van der Waals surface area contributed by atoms with Crippen LogP contribution in [0.5, 0.6) is 5.75 Å². The standard InChI is InChI=1S/C28H35ClN2O5S/c1-26(2,3)35-20(32)16-34-22-21(29)23(37-24(22)25(33)36-27(4,5)6)17-8-7-9-18(14-17)31-19-10-13-30-28(15-19)11-12-28/h7-10,14,30-31H,11-13,15-16H2,1-6H3. The van der Waals surface area contributed by atoms with E-state index >= 15 is 0 Å². The molecule has 1 aromatic carbocycles. The number of carbonyl (C=O) groups is 2. The molecule has 1 aliphatic carbocycles. The lowest BCUT2D eigenvalue weighted by molar-refractivity contribution is -0.157. The Morgan fingerprint density at radius 1 is 1.11 bits per heavy atom. The maximum absolute atomic E-state index is 13.1. The number of esters is 2. The third-order valence-electron chi connectivity index (χ3n) is 5.79. The minimum atomic E-state index is -0.707. The van der Waals surface area contributed by atoms with Gasteiger partial charge < -0.3 is 24.8 Å². The molecule has 1 aliphatic heterocycles. The first-order valence-corrected chi connectivity index (χ1v) is 13.6. The monoisotopic (exact) mass is 546 g/mol. The van der Waals surface area contributed by atoms with Crippen LogP contribution in [0.2, 0.25) is 5.02 Å². The quantitative estimate of drug-likeness (QED) is 0.380. The molecule has 2 heterocycles. The van der Waals surface area contributed by atoms with Gasteiger partial charge in [-0.1, -0.05) is 29.8 Å². The van der Waals surface area contributed by atoms with E-state index in [0.717, 1.165) is 24.2 Å². The second-order valence-electron chi connectivity index (χ2n) is 11.6. The number of benzene rings is 1. The van der Waals surface area contributed by atoms with E-state index in [1.807, 2.05) is 24.3 Å². The largest absolute Gasteiger partial charge is 0.479 e. The summed E-state index contributed by atoms with van der Waals surface area (Å²) in [6.07, 6.45) is 5.56. The van der Waals surface area contributed by atoms with E-state index in [1.165, 1.54) is 29.9 Å². The molecule has 0 amide bonds. The van der Waals surface area contributed by atoms with Crippen molar-refractivity contribution < 1.29 is 23.8 Å². The van der Waals surface area contributed by atoms with Gasteiger partial charge in [-0.05, 0) is 72.1 Å². The number of halogens is 1. The summed E-state index contributed by atoms with van der Waals surface area (Å²) in [5, 5.41) is 7.37. The van der Waals surface area contributed by atoms with Gasteiger partial charge in [0.05, 0.1) is 4.88 Å². The van der Waals surface area contributed by atoms with Crippen LogP contribution in [0.3, 0.4) is 0 Å². The number of nitrogens with one attached hydrogen (secondary N) is 2. The number of anilines is 1. The molecular formula is C28H35ClN2O5S. The highest BCUT2D eigenvalue weighted by Gasteiger charge is 2.43. The Balaban J connectivity index is 1.60. The van der Waals surface area contributed by atoms with Gasteiger partial charge in [-0.15, -0.1) is 11.3 Å². The molecule has 2 N–H and O–H groups in total. The number of thiophene rings is 1. The summed E-state index contributed by atoms with van der Waals surface area (Å²) >= 11 is 7.95. The number of hydrogen-bond donors (Lipinski definition) is 2. The second-order valence-corrected chi connectivity index (χ2v) is 13.0. The molecule has 0 saturated heterocycles. The van der Waals surface area contributed by atoms with Gasteiger partial charge in [0, 0.05) is 29.9 Å². The second kappa shape index (κ2) is 10.3. The van der Waals surface area contributed by atoms with Crippen molar-refractivity contribution in [1.82, 2.24) is 5.32 Å². The Morgan fingerprint density at radius 3 is 2.46 bits per heavy atom. The van der Waals surface area contributed by atoms with Gasteiger partial charge in [-0.3, -0.25) is 0 Å². The van der Waals surface area contributed by atoms with E-state index in [2.05, 4.69) is 16.7 Å². The molecule has 1 spiro atoms. The molecule has 200 valence electrons. The molecule has 0 atom stereocenters. The molecule has 2 aromatic rings. The zero-order valence-corrected chi connectivity index (χ0v) is 23.8. The van der Waals surface area contributed by atoms with E-state index in [1.54, 1.807) is 41.5 Å². The Labute approximate surface area is 227 Å². The molecule has 7 nitrogen and oxygen atoms in total. The van der Waals surface area contributed by atoms with Gasteiger partial charge in [0.1, 0.15) is 16.2 Å². The van der Waals surface area contributed by atoms with Crippen LogP contribution in [-0.4, -0.2) is 41.8 Å². The highest BCUT2D eigenvalue weighted by molar-refractivity contribution is 7.18. The summed E-state index contributed by atoms with van der Waals surface area (Å²) in [4.78, 5) is 26.2. The maximum atomic E-state index is 13.1. The molecule has 37 heavy (non-hydrogen) atoms. The van der Waals surface area contributed by atoms with Gasteiger partial charge >= 0.3 is 11.9 Å². The molecule has 1 aromatic heterocycles. The third-order valence-corrected chi connectivity index (χ3v) is 7.46. The fraction of sp³-hybridized carbons (Fsp3) is 0.500. The van der Waals surface area contributed by atoms with Crippen molar-refractivity contribution in [2.75, 3.05) is 18.5 Å². The van der Waals surface area contributed by atoms with Crippen LogP contribution in [-0.2, 0) is 14.3 Å². The Bertz CT molecular complexity index is 1220. The predicted octanol–water partition coefficient (Wildman–Crippen LogP) is 6.57. The summed E-state index contributed by atoms with van der Waals surface area (Å²) < 4.78 is 16.7. The van der Waals surface area contributed by atoms with Crippen LogP contribution >= 0.6 is 22.9 Å². The summed E-state index contributed by atoms with van der Waals surface area (Å²) in [6, 6.07) is 7.87. The summed E-state index contributed by atoms with van der Waals surface area (Å²) in [6.45, 7) is 11.2. The molecule has 1 saturated carbocycles. The highest BCUT2D eigenvalue weighted by atomic mass is 35.5. The van der Waals surface area contributed by atoms with Crippen molar-refractivity contribution in [1.29, 1.82) is 0 Å². The van der Waals surface area contributed by atoms with Crippen molar-refractivity contribution in [3.8, 4) is 16.2 Å². The average molecular weight is 547 g/mol. The summed E-state index contributed by atoms with van der Waals surface area (Å²) in [5.74, 6) is -0.994. The van der Waals surface area contributed by atoms with Crippen LogP contribution in [0.4, 0.5) is 5.69 Å². The van der Waals surface area contributed by atoms with Crippen LogP contribution in [0.1, 0.15) is 70.5 Å². The van der Waals surface area contributed by atoms with Crippen molar-refractivity contribution in [3.05, 3.63) is 45.9 Å². The zero-order valence-electron chi connectivity index (χ0n) is 22.2. The van der Waals surface area contributed by atoms with E-state index in [9.17, 15) is 9.59 Å². The molecule has 0 bridgehead atoms. The van der Waals surface area contributed by atoms with E-state index in [0.29, 0.717) is 4.88 Å². The molecule has 0 radical (unpaired) electrons. The SMILES string of the molecule is CC(C)(C)OC(=O)COc1c(C(=O)OC(C)(C)C)sc(-c2cccc(NC3=CCNC4(CC4)C3)c2)c1Cl. The third kappa shape index (κ3) is 7.27. The number of hydrogen-bond acceptors (Lipinski definition) is 8. The lowest BCUT2D eigenvalue weighted by Gasteiger charge is -2.24. The first-order valence-electron chi connectivity index (χ1n) is 12.5. The fourth-order valence-electron chi connectivity index (χ4n) is 4.08. The summed E-state index contributed by atoms with van der Waals surface area (Å²) in [5.41, 5.74) is 1.85. The molecule has 9 heteroatoms. The van der Waals surface area contributed by atoms with Crippen molar-refractivity contribution in [3.63, 3.8) is 0 Å². The van der Waals surface area contributed by atoms with Crippen molar-refractivity contribution in [2.24, 2.45) is 0 Å². The highest BCUT2D eigenvalue weighted by Crippen LogP contribution is 2.47. The van der Waals surface area contributed by atoms with Gasteiger partial charge in [-0.25, -0.2) is 9.59 Å². The number of rotatable bonds is 7. The van der Waals surface area contributed by atoms with Crippen molar-refractivity contribution in [2.45, 2.75) is 77.5 Å². The van der Waals surface area contributed by atoms with Crippen LogP contribution in [0.15, 0.2) is 36.0 Å². The van der Waals surface area contributed by atoms with Gasteiger partial charge in [-0.2, -0.15) is 0 Å². The first kappa shape index (κ1) is 27.5. The normalized spacial score (nSPS) is 16.7. The average Bonchev–Trinajstić information content (AvgIpc) is 3.41. The topological polar surface area (TPSA) is 85.9 Å². The number of carbonyl (C=O) groups excluding carboxylic acids is 2. The van der Waals surface area contributed by atoms with Crippen molar-refractivity contribution >= 4 is 40.6 Å². The molecular weight excluding hydrogens is 512 g/mol. The minimum Gasteiger partial charge on any atom is -0.479 e. The van der Waals surface area contributed by atoms with E-state index < -0.39 is 23.1 Å². The first-order chi connectivity index (χ1) is 17.2. The van der Waals surface area contributed by atoms with Crippen LogP contribution < -0.4 is 15.4 Å². The Hall–Kier alpha value is -2.55. The zero-order chi connectivity index (χ0) is 27.0. The van der Waals surface area contributed by atoms with Gasteiger partial charge in [0.2, 0.25) is 0 Å². The Kier molecular flexibility index (Phi) is 7.66. The van der Waals surface area contributed by atoms with Gasteiger partial charge in [0.25, 0.3) is 0 Å². The van der Waals surface area contributed by atoms with Crippen LogP contribution in [0.25, 0.3) is 10.4 Å². The predicted molar refractivity (Wildman–Crippen MR) is 148 cm³/mol. The number of ether oxygens (including phenoxy) is 3. The molecule has 0 unspecified atom stereocenters. The smallest absolute Gasteiger partial charge is 0.352 e. The summed E-state index contributed by atoms with van der Waals surface area (Å²) in [7, 11) is 0. The lowest BCUT2D eigenvalue weighted by Crippen LogP contribution is -2.36. The van der Waals surface area contributed by atoms with Gasteiger partial charge in [0.15, 0.2) is 17.2 Å². The fourth-order valence-corrected chi connectivity index (χ4v) is 5.52.